The van der Waals surface area contributed by atoms with Gasteiger partial charge >= 0.3 is 5.69 Å². The summed E-state index contributed by atoms with van der Waals surface area (Å²) in [5.41, 5.74) is 1.24. The van der Waals surface area contributed by atoms with E-state index in [-0.39, 0.29) is 11.4 Å². The minimum Gasteiger partial charge on any atom is -0.508 e. The topological polar surface area (TPSA) is 95.3 Å². The largest absolute Gasteiger partial charge is 0.508 e. The lowest BCUT2D eigenvalue weighted by Crippen LogP contribution is -2.14. The molecule has 0 spiro atoms. The normalized spacial score (nSPS) is 10.8. The van der Waals surface area contributed by atoms with E-state index in [4.69, 9.17) is 0 Å². The molecule has 0 saturated carbocycles. The van der Waals surface area contributed by atoms with E-state index in [2.05, 4.69) is 20.5 Å². The molecule has 0 bridgehead atoms. The number of benzene rings is 1. The van der Waals surface area contributed by atoms with Crippen molar-refractivity contribution in [2.24, 2.45) is 0 Å². The maximum Gasteiger partial charge on any atom is 0.349 e. The molecule has 0 aliphatic rings. The number of hydrogen-bond donors (Lipinski definition) is 3. The van der Waals surface area contributed by atoms with Crippen molar-refractivity contribution in [2.45, 2.75) is 13.5 Å². The number of nitrogens with one attached hydrogen (secondary N) is 2. The molecule has 0 aliphatic carbocycles. The molecular formula is C13H13N5O2. The first-order valence-electron chi connectivity index (χ1n) is 6.10. The molecule has 0 aliphatic heterocycles. The predicted octanol–water partition coefficient (Wildman–Crippen LogP) is 1.04. The number of hydrogen-bond acceptors (Lipinski definition) is 5. The molecule has 20 heavy (non-hydrogen) atoms. The first kappa shape index (κ1) is 12.2. The van der Waals surface area contributed by atoms with Gasteiger partial charge in [0.15, 0.2) is 5.65 Å². The summed E-state index contributed by atoms with van der Waals surface area (Å²) in [7, 11) is 0. The van der Waals surface area contributed by atoms with Crippen molar-refractivity contribution in [1.82, 2.24) is 19.6 Å². The van der Waals surface area contributed by atoms with Gasteiger partial charge in [0.05, 0.1) is 0 Å². The van der Waals surface area contributed by atoms with E-state index >= 15 is 0 Å². The van der Waals surface area contributed by atoms with Gasteiger partial charge in [-0.15, -0.1) is 0 Å². The smallest absolute Gasteiger partial charge is 0.349 e. The summed E-state index contributed by atoms with van der Waals surface area (Å²) >= 11 is 0. The minimum absolute atomic E-state index is 0.236. The maximum atomic E-state index is 11.5. The number of anilines is 1. The number of phenols is 1. The Hall–Kier alpha value is -2.83. The number of nitrogens with zero attached hydrogens (tertiary/aromatic N) is 3. The van der Waals surface area contributed by atoms with Crippen molar-refractivity contribution >= 4 is 11.5 Å². The Morgan fingerprint density at radius 2 is 2.10 bits per heavy atom. The Balaban J connectivity index is 1.84. The van der Waals surface area contributed by atoms with Gasteiger partial charge in [-0.2, -0.15) is 5.10 Å². The van der Waals surface area contributed by atoms with Gasteiger partial charge in [0.2, 0.25) is 0 Å². The van der Waals surface area contributed by atoms with Crippen molar-refractivity contribution in [1.29, 1.82) is 0 Å². The van der Waals surface area contributed by atoms with Crippen LogP contribution in [0.2, 0.25) is 0 Å². The molecule has 0 atom stereocenters. The highest BCUT2D eigenvalue weighted by Gasteiger charge is 2.06. The van der Waals surface area contributed by atoms with Crippen LogP contribution < -0.4 is 11.0 Å². The fraction of sp³-hybridized carbons (Fsp3) is 0.154. The molecular weight excluding hydrogens is 258 g/mol. The number of aromatic nitrogens is 4. The Morgan fingerprint density at radius 3 is 2.85 bits per heavy atom. The molecule has 0 unspecified atom stereocenters. The van der Waals surface area contributed by atoms with E-state index in [9.17, 15) is 9.90 Å². The summed E-state index contributed by atoms with van der Waals surface area (Å²) in [5.74, 6) is 1.44. The van der Waals surface area contributed by atoms with Crippen LogP contribution in [0.1, 0.15) is 11.4 Å². The fourth-order valence-corrected chi connectivity index (χ4v) is 1.99. The number of fused-ring (bicyclic) bond motifs is 1. The van der Waals surface area contributed by atoms with Crippen LogP contribution >= 0.6 is 0 Å². The van der Waals surface area contributed by atoms with Crippen molar-refractivity contribution in [3.05, 3.63) is 52.2 Å². The van der Waals surface area contributed by atoms with Gasteiger partial charge in [0, 0.05) is 12.6 Å². The second kappa shape index (κ2) is 4.69. The highest BCUT2D eigenvalue weighted by Crippen LogP contribution is 2.12. The Kier molecular flexibility index (Phi) is 2.86. The number of aryl methyl sites for hydroxylation is 1. The maximum absolute atomic E-state index is 11.5. The van der Waals surface area contributed by atoms with E-state index < -0.39 is 0 Å². The van der Waals surface area contributed by atoms with Crippen molar-refractivity contribution < 1.29 is 5.11 Å². The second-order valence-electron chi connectivity index (χ2n) is 4.43. The first-order chi connectivity index (χ1) is 9.63. The van der Waals surface area contributed by atoms with Gasteiger partial charge in [0.25, 0.3) is 0 Å². The van der Waals surface area contributed by atoms with Crippen LogP contribution in [0.3, 0.4) is 0 Å². The summed E-state index contributed by atoms with van der Waals surface area (Å²) in [6.45, 7) is 2.31. The Morgan fingerprint density at radius 1 is 1.35 bits per heavy atom. The van der Waals surface area contributed by atoms with E-state index in [0.29, 0.717) is 23.8 Å². The lowest BCUT2D eigenvalue weighted by Gasteiger charge is -2.07. The molecule has 3 rings (SSSR count). The Bertz CT molecular complexity index is 804. The van der Waals surface area contributed by atoms with Crippen molar-refractivity contribution in [2.75, 3.05) is 5.32 Å². The summed E-state index contributed by atoms with van der Waals surface area (Å²) in [6, 6.07) is 8.61. The molecule has 3 aromatic rings. The van der Waals surface area contributed by atoms with E-state index in [1.54, 1.807) is 25.1 Å². The number of phenolic OH excluding ortho intramolecular Hbond substituents is 1. The molecule has 0 radical (unpaired) electrons. The third-order valence-corrected chi connectivity index (χ3v) is 2.98. The van der Waals surface area contributed by atoms with E-state index in [1.807, 2.05) is 12.1 Å². The second-order valence-corrected chi connectivity index (χ2v) is 4.43. The standard InChI is InChI=1S/C13H13N5O2/c1-8-15-11(6-12-16-17-13(20)18(8)12)14-7-9-2-4-10(19)5-3-9/h2-6,14,19H,7H2,1H3,(H,17,20). The quantitative estimate of drug-likeness (QED) is 0.661. The highest BCUT2D eigenvalue weighted by atomic mass is 16.3. The molecule has 3 N–H and O–H groups in total. The zero-order valence-electron chi connectivity index (χ0n) is 10.8. The number of aromatic amines is 1. The number of rotatable bonds is 3. The first-order valence-corrected chi connectivity index (χ1v) is 6.10. The van der Waals surface area contributed by atoms with Crippen molar-refractivity contribution in [3.63, 3.8) is 0 Å². The Labute approximate surface area is 113 Å². The van der Waals surface area contributed by atoms with Crippen LogP contribution in [0.5, 0.6) is 5.75 Å². The van der Waals surface area contributed by atoms with Crippen LogP contribution in [-0.4, -0.2) is 24.7 Å². The van der Waals surface area contributed by atoms with Crippen LogP contribution in [0, 0.1) is 6.92 Å². The molecule has 2 aromatic heterocycles. The molecule has 7 heteroatoms. The summed E-state index contributed by atoms with van der Waals surface area (Å²) in [6.07, 6.45) is 0. The van der Waals surface area contributed by atoms with Gasteiger partial charge in [0.1, 0.15) is 17.4 Å². The zero-order valence-corrected chi connectivity index (χ0v) is 10.8. The molecule has 0 fully saturated rings. The molecule has 1 aromatic carbocycles. The van der Waals surface area contributed by atoms with Gasteiger partial charge in [-0.25, -0.2) is 19.3 Å². The minimum atomic E-state index is -0.296. The lowest BCUT2D eigenvalue weighted by molar-refractivity contribution is 0.475. The average molecular weight is 271 g/mol. The van der Waals surface area contributed by atoms with Gasteiger partial charge < -0.3 is 10.4 Å². The predicted molar refractivity (Wildman–Crippen MR) is 73.8 cm³/mol. The van der Waals surface area contributed by atoms with Crippen LogP contribution in [0.4, 0.5) is 5.82 Å². The lowest BCUT2D eigenvalue weighted by atomic mass is 10.2. The van der Waals surface area contributed by atoms with Crippen LogP contribution in [-0.2, 0) is 6.54 Å². The number of H-pyrrole nitrogens is 1. The summed E-state index contributed by atoms with van der Waals surface area (Å²) < 4.78 is 1.41. The fourth-order valence-electron chi connectivity index (χ4n) is 1.99. The van der Waals surface area contributed by atoms with Gasteiger partial charge in [-0.05, 0) is 24.6 Å². The summed E-state index contributed by atoms with van der Waals surface area (Å²) in [5, 5.41) is 18.7. The third kappa shape index (κ3) is 2.20. The van der Waals surface area contributed by atoms with E-state index in [1.165, 1.54) is 4.40 Å². The van der Waals surface area contributed by atoms with Gasteiger partial charge in [-0.1, -0.05) is 12.1 Å². The number of aromatic hydroxyl groups is 1. The summed E-state index contributed by atoms with van der Waals surface area (Å²) in [4.78, 5) is 15.8. The molecule has 0 saturated heterocycles. The molecule has 2 heterocycles. The molecule has 102 valence electrons. The molecule has 7 nitrogen and oxygen atoms in total. The van der Waals surface area contributed by atoms with E-state index in [0.717, 1.165) is 5.56 Å². The monoisotopic (exact) mass is 271 g/mol. The highest BCUT2D eigenvalue weighted by molar-refractivity contribution is 5.49. The molecule has 0 amide bonds. The van der Waals surface area contributed by atoms with Gasteiger partial charge in [-0.3, -0.25) is 0 Å². The van der Waals surface area contributed by atoms with Crippen LogP contribution in [0.25, 0.3) is 5.65 Å². The van der Waals surface area contributed by atoms with Crippen LogP contribution in [0.15, 0.2) is 35.1 Å². The zero-order chi connectivity index (χ0) is 14.1. The third-order valence-electron chi connectivity index (χ3n) is 2.98. The SMILES string of the molecule is Cc1nc(NCc2ccc(O)cc2)cc2n[nH]c(=O)n12. The average Bonchev–Trinajstić information content (AvgIpc) is 2.80. The van der Waals surface area contributed by atoms with Crippen molar-refractivity contribution in [3.8, 4) is 5.75 Å².